The fraction of sp³-hybridized carbons (Fsp3) is 0.467. The summed E-state index contributed by atoms with van der Waals surface area (Å²) in [5.41, 5.74) is 0.641. The van der Waals surface area contributed by atoms with Crippen LogP contribution >= 0.6 is 0 Å². The molecule has 0 radical (unpaired) electrons. The van der Waals surface area contributed by atoms with Gasteiger partial charge in [0.1, 0.15) is 5.75 Å². The van der Waals surface area contributed by atoms with Gasteiger partial charge in [0.05, 0.1) is 6.21 Å². The molecule has 122 valence electrons. The average molecular weight is 314 g/mol. The van der Waals surface area contributed by atoms with Gasteiger partial charge in [-0.1, -0.05) is 19.0 Å². The normalized spacial score (nSPS) is 11.2. The van der Waals surface area contributed by atoms with Crippen LogP contribution in [0, 0.1) is 5.92 Å². The van der Waals surface area contributed by atoms with E-state index in [-0.39, 0.29) is 18.3 Å². The molecule has 0 aliphatic heterocycles. The number of carbonyl (C=O) groups is 1. The highest BCUT2D eigenvalue weighted by Crippen LogP contribution is 2.13. The Morgan fingerprint density at radius 3 is 2.59 bits per heavy atom. The van der Waals surface area contributed by atoms with Crippen molar-refractivity contribution in [3.05, 3.63) is 29.8 Å². The number of rotatable bonds is 9. The smallest absolute Gasteiger partial charge is 0.387 e. The van der Waals surface area contributed by atoms with Crippen molar-refractivity contribution in [2.45, 2.75) is 26.9 Å². The molecule has 0 saturated heterocycles. The molecule has 0 saturated carbocycles. The van der Waals surface area contributed by atoms with E-state index >= 15 is 0 Å². The molecule has 0 aliphatic carbocycles. The van der Waals surface area contributed by atoms with E-state index in [2.05, 4.69) is 29.1 Å². The lowest BCUT2D eigenvalue weighted by Crippen LogP contribution is -2.28. The van der Waals surface area contributed by atoms with Crippen LogP contribution < -0.4 is 10.1 Å². The number of oxime groups is 1. The largest absolute Gasteiger partial charge is 0.435 e. The monoisotopic (exact) mass is 314 g/mol. The van der Waals surface area contributed by atoms with Gasteiger partial charge in [-0.05, 0) is 42.2 Å². The molecule has 1 aromatic carbocycles. The quantitative estimate of drug-likeness (QED) is 0.563. The molecule has 0 fully saturated rings. The lowest BCUT2D eigenvalue weighted by atomic mass is 10.1. The van der Waals surface area contributed by atoms with Crippen molar-refractivity contribution in [2.75, 3.05) is 13.2 Å². The molecule has 22 heavy (non-hydrogen) atoms. The Kier molecular flexibility index (Phi) is 7.88. The van der Waals surface area contributed by atoms with Crippen molar-refractivity contribution in [1.82, 2.24) is 5.32 Å². The van der Waals surface area contributed by atoms with Crippen molar-refractivity contribution >= 4 is 12.1 Å². The molecule has 0 aromatic heterocycles. The first-order chi connectivity index (χ1) is 10.5. The zero-order valence-electron chi connectivity index (χ0n) is 12.6. The molecular formula is C15H20F2N2O3. The van der Waals surface area contributed by atoms with Crippen LogP contribution in [-0.4, -0.2) is 31.9 Å². The van der Waals surface area contributed by atoms with Gasteiger partial charge < -0.3 is 14.9 Å². The Morgan fingerprint density at radius 2 is 2.00 bits per heavy atom. The van der Waals surface area contributed by atoms with Gasteiger partial charge in [0.15, 0.2) is 6.61 Å². The van der Waals surface area contributed by atoms with Gasteiger partial charge in [-0.25, -0.2) is 0 Å². The second-order valence-corrected chi connectivity index (χ2v) is 4.99. The summed E-state index contributed by atoms with van der Waals surface area (Å²) in [6, 6.07) is 5.89. The standard InChI is InChI=1S/C15H20F2N2O3/c1-11(2)7-8-18-14(20)10-21-19-9-12-3-5-13(6-4-12)22-15(16)17/h3-6,9,11,15H,7-8,10H2,1-2H3,(H,18,20)/b19-9+. The summed E-state index contributed by atoms with van der Waals surface area (Å²) in [7, 11) is 0. The molecule has 1 rings (SSSR count). The topological polar surface area (TPSA) is 59.9 Å². The minimum absolute atomic E-state index is 0.0672. The number of nitrogens with one attached hydrogen (secondary N) is 1. The molecule has 0 spiro atoms. The second kappa shape index (κ2) is 9.70. The number of halogens is 2. The summed E-state index contributed by atoms with van der Waals surface area (Å²) in [5.74, 6) is 0.354. The summed E-state index contributed by atoms with van der Waals surface area (Å²) < 4.78 is 28.2. The van der Waals surface area contributed by atoms with Crippen LogP contribution in [0.2, 0.25) is 0 Å². The Bertz CT molecular complexity index is 476. The van der Waals surface area contributed by atoms with Crippen LogP contribution in [0.25, 0.3) is 0 Å². The zero-order chi connectivity index (χ0) is 16.4. The van der Waals surface area contributed by atoms with Crippen LogP contribution in [0.4, 0.5) is 8.78 Å². The zero-order valence-corrected chi connectivity index (χ0v) is 12.6. The van der Waals surface area contributed by atoms with E-state index in [1.54, 1.807) is 12.1 Å². The number of amides is 1. The van der Waals surface area contributed by atoms with Crippen LogP contribution in [0.15, 0.2) is 29.4 Å². The molecule has 1 aromatic rings. The van der Waals surface area contributed by atoms with Crippen LogP contribution in [0.1, 0.15) is 25.8 Å². The number of carbonyl (C=O) groups excluding carboxylic acids is 1. The molecule has 0 aliphatic rings. The Labute approximate surface area is 128 Å². The molecular weight excluding hydrogens is 294 g/mol. The van der Waals surface area contributed by atoms with Gasteiger partial charge in [0, 0.05) is 6.54 Å². The maximum Gasteiger partial charge on any atom is 0.387 e. The van der Waals surface area contributed by atoms with Gasteiger partial charge in [-0.2, -0.15) is 8.78 Å². The summed E-state index contributed by atoms with van der Waals surface area (Å²) in [5, 5.41) is 6.35. The maximum atomic E-state index is 12.0. The SMILES string of the molecule is CC(C)CCNC(=O)CO/N=C/c1ccc(OC(F)F)cc1. The highest BCUT2D eigenvalue weighted by Gasteiger charge is 2.03. The number of alkyl halides is 2. The Hall–Kier alpha value is -2.18. The molecule has 0 atom stereocenters. The second-order valence-electron chi connectivity index (χ2n) is 4.99. The first kappa shape index (κ1) is 17.9. The minimum atomic E-state index is -2.85. The van der Waals surface area contributed by atoms with Crippen molar-refractivity contribution < 1.29 is 23.1 Å². The highest BCUT2D eigenvalue weighted by atomic mass is 19.3. The maximum absolute atomic E-state index is 12.0. The van der Waals surface area contributed by atoms with Crippen LogP contribution in [-0.2, 0) is 9.63 Å². The van der Waals surface area contributed by atoms with E-state index in [9.17, 15) is 13.6 Å². The number of hydrogen-bond donors (Lipinski definition) is 1. The van der Waals surface area contributed by atoms with Crippen LogP contribution in [0.5, 0.6) is 5.75 Å². The van der Waals surface area contributed by atoms with E-state index in [0.717, 1.165) is 6.42 Å². The third kappa shape index (κ3) is 8.18. The first-order valence-corrected chi connectivity index (χ1v) is 6.94. The summed E-state index contributed by atoms with van der Waals surface area (Å²) in [4.78, 5) is 16.2. The number of benzene rings is 1. The third-order valence-corrected chi connectivity index (χ3v) is 2.62. The van der Waals surface area contributed by atoms with Crippen molar-refractivity contribution in [1.29, 1.82) is 0 Å². The van der Waals surface area contributed by atoms with E-state index in [0.29, 0.717) is 18.0 Å². The lowest BCUT2D eigenvalue weighted by Gasteiger charge is -2.06. The number of nitrogens with zero attached hydrogens (tertiary/aromatic N) is 1. The minimum Gasteiger partial charge on any atom is -0.435 e. The molecule has 0 bridgehead atoms. The van der Waals surface area contributed by atoms with Crippen molar-refractivity contribution in [3.63, 3.8) is 0 Å². The van der Waals surface area contributed by atoms with Gasteiger partial charge >= 0.3 is 6.61 Å². The van der Waals surface area contributed by atoms with Crippen molar-refractivity contribution in [3.8, 4) is 5.75 Å². The fourth-order valence-electron chi connectivity index (χ4n) is 1.48. The summed E-state index contributed by atoms with van der Waals surface area (Å²) >= 11 is 0. The fourth-order valence-corrected chi connectivity index (χ4v) is 1.48. The number of ether oxygens (including phenoxy) is 1. The third-order valence-electron chi connectivity index (χ3n) is 2.62. The predicted octanol–water partition coefficient (Wildman–Crippen LogP) is 2.80. The summed E-state index contributed by atoms with van der Waals surface area (Å²) in [6.45, 7) is 1.74. The number of hydrogen-bond acceptors (Lipinski definition) is 4. The average Bonchev–Trinajstić information content (AvgIpc) is 2.44. The van der Waals surface area contributed by atoms with E-state index in [4.69, 9.17) is 4.84 Å². The Balaban J connectivity index is 2.26. The molecule has 0 heterocycles. The van der Waals surface area contributed by atoms with Crippen molar-refractivity contribution in [2.24, 2.45) is 11.1 Å². The molecule has 0 unspecified atom stereocenters. The first-order valence-electron chi connectivity index (χ1n) is 6.94. The van der Waals surface area contributed by atoms with Gasteiger partial charge in [0.2, 0.25) is 0 Å². The molecule has 1 N–H and O–H groups in total. The van der Waals surface area contributed by atoms with E-state index in [1.807, 2.05) is 0 Å². The molecule has 5 nitrogen and oxygen atoms in total. The van der Waals surface area contributed by atoms with Gasteiger partial charge in [0.25, 0.3) is 5.91 Å². The Morgan fingerprint density at radius 1 is 1.32 bits per heavy atom. The van der Waals surface area contributed by atoms with Gasteiger partial charge in [-0.15, -0.1) is 0 Å². The van der Waals surface area contributed by atoms with E-state index in [1.165, 1.54) is 18.3 Å². The van der Waals surface area contributed by atoms with Gasteiger partial charge in [-0.3, -0.25) is 4.79 Å². The lowest BCUT2D eigenvalue weighted by molar-refractivity contribution is -0.125. The summed E-state index contributed by atoms with van der Waals surface area (Å²) in [6.07, 6.45) is 2.29. The molecule has 7 heteroatoms. The highest BCUT2D eigenvalue weighted by molar-refractivity contribution is 5.80. The predicted molar refractivity (Wildman–Crippen MR) is 79.1 cm³/mol. The van der Waals surface area contributed by atoms with E-state index < -0.39 is 6.61 Å². The molecule has 1 amide bonds. The van der Waals surface area contributed by atoms with Crippen LogP contribution in [0.3, 0.4) is 0 Å².